The van der Waals surface area contributed by atoms with E-state index in [1.54, 1.807) is 0 Å². The van der Waals surface area contributed by atoms with Gasteiger partial charge >= 0.3 is 6.18 Å². The molecule has 1 saturated heterocycles. The maximum absolute atomic E-state index is 11.6. The van der Waals surface area contributed by atoms with Gasteiger partial charge < -0.3 is 14.8 Å². The van der Waals surface area contributed by atoms with Crippen LogP contribution in [0.2, 0.25) is 0 Å². The van der Waals surface area contributed by atoms with Crippen LogP contribution in [-0.2, 0) is 9.47 Å². The van der Waals surface area contributed by atoms with E-state index >= 15 is 0 Å². The Bertz CT molecular complexity index is 169. The summed E-state index contributed by atoms with van der Waals surface area (Å²) in [5, 5.41) is 3.21. The van der Waals surface area contributed by atoms with E-state index in [1.165, 1.54) is 0 Å². The lowest BCUT2D eigenvalue weighted by Crippen LogP contribution is -2.18. The first-order valence-corrected chi connectivity index (χ1v) is 5.01. The van der Waals surface area contributed by atoms with Gasteiger partial charge in [-0.2, -0.15) is 13.2 Å². The lowest BCUT2D eigenvalue weighted by Gasteiger charge is -2.10. The van der Waals surface area contributed by atoms with Crippen LogP contribution in [-0.4, -0.2) is 39.3 Å². The van der Waals surface area contributed by atoms with Crippen LogP contribution in [0.25, 0.3) is 0 Å². The van der Waals surface area contributed by atoms with E-state index in [1.807, 2.05) is 0 Å². The summed E-state index contributed by atoms with van der Waals surface area (Å²) in [5.41, 5.74) is 0. The standard InChI is InChI=1S/C9H16F3NO2/c10-9(11,12)6-15-7-14-4-2-8-1-3-13-5-8/h8,13H,1-7H2. The molecule has 0 radical (unpaired) electrons. The van der Waals surface area contributed by atoms with E-state index in [2.05, 4.69) is 10.1 Å². The minimum Gasteiger partial charge on any atom is -0.355 e. The van der Waals surface area contributed by atoms with Gasteiger partial charge in [-0.25, -0.2) is 0 Å². The zero-order valence-electron chi connectivity index (χ0n) is 8.48. The van der Waals surface area contributed by atoms with E-state index in [9.17, 15) is 13.2 Å². The van der Waals surface area contributed by atoms with Crippen molar-refractivity contribution >= 4 is 0 Å². The number of rotatable bonds is 6. The summed E-state index contributed by atoms with van der Waals surface area (Å²) in [7, 11) is 0. The minimum absolute atomic E-state index is 0.278. The van der Waals surface area contributed by atoms with Gasteiger partial charge in [-0.1, -0.05) is 0 Å². The van der Waals surface area contributed by atoms with Gasteiger partial charge in [0, 0.05) is 6.61 Å². The molecule has 0 amide bonds. The quantitative estimate of drug-likeness (QED) is 0.551. The van der Waals surface area contributed by atoms with Crippen LogP contribution in [0.1, 0.15) is 12.8 Å². The average Bonchev–Trinajstić information content (AvgIpc) is 2.61. The maximum Gasteiger partial charge on any atom is 0.411 e. The molecule has 0 bridgehead atoms. The molecule has 1 aliphatic heterocycles. The predicted octanol–water partition coefficient (Wildman–Crippen LogP) is 1.54. The minimum atomic E-state index is -4.27. The fourth-order valence-electron chi connectivity index (χ4n) is 1.49. The van der Waals surface area contributed by atoms with Gasteiger partial charge in [0.25, 0.3) is 0 Å². The highest BCUT2D eigenvalue weighted by atomic mass is 19.4. The summed E-state index contributed by atoms with van der Waals surface area (Å²) in [6, 6.07) is 0. The smallest absolute Gasteiger partial charge is 0.355 e. The summed E-state index contributed by atoms with van der Waals surface area (Å²) in [6.45, 7) is 0.948. The second-order valence-corrected chi connectivity index (χ2v) is 3.64. The molecule has 0 spiro atoms. The van der Waals surface area contributed by atoms with E-state index in [4.69, 9.17) is 4.74 Å². The molecular weight excluding hydrogens is 211 g/mol. The first-order valence-electron chi connectivity index (χ1n) is 5.01. The average molecular weight is 227 g/mol. The molecule has 1 fully saturated rings. The van der Waals surface area contributed by atoms with Crippen molar-refractivity contribution in [2.24, 2.45) is 5.92 Å². The fourth-order valence-corrected chi connectivity index (χ4v) is 1.49. The van der Waals surface area contributed by atoms with Gasteiger partial charge in [0.15, 0.2) is 0 Å². The van der Waals surface area contributed by atoms with Crippen molar-refractivity contribution in [3.8, 4) is 0 Å². The Hall–Kier alpha value is -0.330. The molecule has 0 aliphatic carbocycles. The monoisotopic (exact) mass is 227 g/mol. The molecule has 0 aromatic carbocycles. The molecule has 6 heteroatoms. The lowest BCUT2D eigenvalue weighted by atomic mass is 10.1. The molecule has 15 heavy (non-hydrogen) atoms. The number of hydrogen-bond donors (Lipinski definition) is 1. The maximum atomic E-state index is 11.6. The highest BCUT2D eigenvalue weighted by Gasteiger charge is 2.27. The van der Waals surface area contributed by atoms with E-state index in [0.717, 1.165) is 25.9 Å². The molecule has 90 valence electrons. The molecule has 0 aromatic heterocycles. The molecule has 0 aromatic rings. The van der Waals surface area contributed by atoms with Crippen molar-refractivity contribution in [3.05, 3.63) is 0 Å². The SMILES string of the molecule is FC(F)(F)COCOCCC1CCNC1. The van der Waals surface area contributed by atoms with Crippen molar-refractivity contribution in [1.29, 1.82) is 0 Å². The van der Waals surface area contributed by atoms with Gasteiger partial charge in [-0.05, 0) is 31.8 Å². The van der Waals surface area contributed by atoms with Crippen LogP contribution < -0.4 is 5.32 Å². The molecule has 1 rings (SSSR count). The van der Waals surface area contributed by atoms with E-state index in [-0.39, 0.29) is 6.79 Å². The third-order valence-electron chi connectivity index (χ3n) is 2.27. The Morgan fingerprint density at radius 3 is 2.67 bits per heavy atom. The number of hydrogen-bond acceptors (Lipinski definition) is 3. The summed E-state index contributed by atoms with van der Waals surface area (Å²) >= 11 is 0. The van der Waals surface area contributed by atoms with Crippen LogP contribution >= 0.6 is 0 Å². The van der Waals surface area contributed by atoms with Crippen LogP contribution in [0.15, 0.2) is 0 Å². The van der Waals surface area contributed by atoms with Gasteiger partial charge in [-0.3, -0.25) is 0 Å². The second kappa shape index (κ2) is 6.30. The third kappa shape index (κ3) is 6.70. The van der Waals surface area contributed by atoms with E-state index in [0.29, 0.717) is 12.5 Å². The molecule has 1 heterocycles. The zero-order chi connectivity index (χ0) is 11.1. The second-order valence-electron chi connectivity index (χ2n) is 3.64. The summed E-state index contributed by atoms with van der Waals surface area (Å²) < 4.78 is 44.1. The van der Waals surface area contributed by atoms with Gasteiger partial charge in [0.2, 0.25) is 0 Å². The Kier molecular flexibility index (Phi) is 5.35. The molecule has 0 saturated carbocycles. The third-order valence-corrected chi connectivity index (χ3v) is 2.27. The van der Waals surface area contributed by atoms with E-state index < -0.39 is 12.8 Å². The number of halogens is 3. The number of alkyl halides is 3. The van der Waals surface area contributed by atoms with Crippen molar-refractivity contribution < 1.29 is 22.6 Å². The Morgan fingerprint density at radius 2 is 2.07 bits per heavy atom. The fraction of sp³-hybridized carbons (Fsp3) is 1.00. The van der Waals surface area contributed by atoms with Crippen molar-refractivity contribution in [3.63, 3.8) is 0 Å². The Morgan fingerprint density at radius 1 is 1.27 bits per heavy atom. The molecule has 1 atom stereocenters. The van der Waals surface area contributed by atoms with Crippen LogP contribution in [0.4, 0.5) is 13.2 Å². The summed E-state index contributed by atoms with van der Waals surface area (Å²) in [4.78, 5) is 0. The first-order chi connectivity index (χ1) is 7.08. The summed E-state index contributed by atoms with van der Waals surface area (Å²) in [5.74, 6) is 0.590. The summed E-state index contributed by atoms with van der Waals surface area (Å²) in [6.07, 6.45) is -2.27. The number of ether oxygens (including phenoxy) is 2. The first kappa shape index (κ1) is 12.7. The highest BCUT2D eigenvalue weighted by Crippen LogP contribution is 2.14. The zero-order valence-corrected chi connectivity index (χ0v) is 8.48. The predicted molar refractivity (Wildman–Crippen MR) is 48.4 cm³/mol. The van der Waals surface area contributed by atoms with Crippen LogP contribution in [0.3, 0.4) is 0 Å². The Balaban J connectivity index is 1.84. The molecule has 1 aliphatic rings. The molecule has 1 N–H and O–H groups in total. The topological polar surface area (TPSA) is 30.5 Å². The van der Waals surface area contributed by atoms with Crippen LogP contribution in [0.5, 0.6) is 0 Å². The van der Waals surface area contributed by atoms with Gasteiger partial charge in [-0.15, -0.1) is 0 Å². The molecular formula is C9H16F3NO2. The largest absolute Gasteiger partial charge is 0.411 e. The van der Waals surface area contributed by atoms with Crippen molar-refractivity contribution in [2.45, 2.75) is 19.0 Å². The number of nitrogens with one attached hydrogen (secondary N) is 1. The molecule has 3 nitrogen and oxygen atoms in total. The van der Waals surface area contributed by atoms with Crippen molar-refractivity contribution in [1.82, 2.24) is 5.32 Å². The Labute approximate surface area is 86.9 Å². The van der Waals surface area contributed by atoms with Crippen molar-refractivity contribution in [2.75, 3.05) is 33.1 Å². The molecule has 1 unspecified atom stereocenters. The van der Waals surface area contributed by atoms with Gasteiger partial charge in [0.05, 0.1) is 0 Å². The van der Waals surface area contributed by atoms with Crippen LogP contribution in [0, 0.1) is 5.92 Å². The highest BCUT2D eigenvalue weighted by molar-refractivity contribution is 4.70. The lowest BCUT2D eigenvalue weighted by molar-refractivity contribution is -0.197. The van der Waals surface area contributed by atoms with Gasteiger partial charge in [0.1, 0.15) is 13.4 Å². The normalized spacial score (nSPS) is 22.2.